The van der Waals surface area contributed by atoms with Gasteiger partial charge >= 0.3 is 0 Å². The van der Waals surface area contributed by atoms with Gasteiger partial charge in [0.2, 0.25) is 0 Å². The van der Waals surface area contributed by atoms with Gasteiger partial charge in [0.15, 0.2) is 0 Å². The van der Waals surface area contributed by atoms with E-state index >= 15 is 0 Å². The van der Waals surface area contributed by atoms with Crippen molar-refractivity contribution in [3.05, 3.63) is 0 Å². The zero-order valence-electron chi connectivity index (χ0n) is 11.6. The molecule has 4 rings (SSSR count). The van der Waals surface area contributed by atoms with Gasteiger partial charge in [0.25, 0.3) is 0 Å². The first kappa shape index (κ1) is 11.6. The Morgan fingerprint density at radius 1 is 1.12 bits per heavy atom. The predicted octanol–water partition coefficient (Wildman–Crippen LogP) is 3.36. The number of hydrogen-bond acceptors (Lipinski definition) is 1. The minimum atomic E-state index is 0.263. The lowest BCUT2D eigenvalue weighted by atomic mass is 9.40. The number of rotatable bonds is 2. The molecule has 0 aromatic carbocycles. The third-order valence-electron chi connectivity index (χ3n) is 5.50. The van der Waals surface area contributed by atoms with E-state index in [-0.39, 0.29) is 5.41 Å². The van der Waals surface area contributed by atoms with Gasteiger partial charge in [-0.25, -0.2) is 0 Å². The number of hydrogen-bond donors (Lipinski definition) is 1. The molecule has 4 aliphatic rings. The average molecular weight is 234 g/mol. The molecule has 4 bridgehead atoms. The van der Waals surface area contributed by atoms with Crippen molar-refractivity contribution in [1.82, 2.24) is 0 Å². The van der Waals surface area contributed by atoms with E-state index in [0.717, 1.165) is 18.3 Å². The smallest absolute Gasteiger partial charge is 0.1000 e. The van der Waals surface area contributed by atoms with E-state index in [1.165, 1.54) is 38.5 Å². The Balaban J connectivity index is 2.00. The monoisotopic (exact) mass is 234 g/mol. The van der Waals surface area contributed by atoms with Crippen LogP contribution in [0, 0.1) is 22.2 Å². The van der Waals surface area contributed by atoms with Gasteiger partial charge in [-0.1, -0.05) is 13.8 Å². The van der Waals surface area contributed by atoms with Crippen LogP contribution < -0.4 is 5.73 Å². The first-order chi connectivity index (χ1) is 7.89. The summed E-state index contributed by atoms with van der Waals surface area (Å²) >= 11 is 0. The van der Waals surface area contributed by atoms with E-state index in [1.54, 1.807) is 0 Å². The molecule has 17 heavy (non-hydrogen) atoms. The molecule has 0 aromatic heterocycles. The zero-order valence-corrected chi connectivity index (χ0v) is 11.6. The van der Waals surface area contributed by atoms with Crippen LogP contribution in [0.5, 0.6) is 0 Å². The fraction of sp³-hybridized carbons (Fsp3) is 0.933. The Bertz CT molecular complexity index is 353. The van der Waals surface area contributed by atoms with Gasteiger partial charge in [0.05, 0.1) is 5.84 Å². The summed E-state index contributed by atoms with van der Waals surface area (Å²) in [6.07, 6.45) is 8.18. The minimum absolute atomic E-state index is 0.263. The molecular formula is C15H26N2. The number of amidine groups is 1. The quantitative estimate of drug-likeness (QED) is 0.577. The van der Waals surface area contributed by atoms with Gasteiger partial charge in [-0.15, -0.1) is 0 Å². The second-order valence-electron chi connectivity index (χ2n) is 7.77. The van der Waals surface area contributed by atoms with E-state index in [1.807, 2.05) is 0 Å². The van der Waals surface area contributed by atoms with Gasteiger partial charge in [-0.3, -0.25) is 4.99 Å². The first-order valence-electron chi connectivity index (χ1n) is 7.19. The normalized spacial score (nSPS) is 53.1. The average Bonchev–Trinajstić information content (AvgIpc) is 2.11. The summed E-state index contributed by atoms with van der Waals surface area (Å²) in [5.74, 6) is 1.88. The lowest BCUT2D eigenvalue weighted by Crippen LogP contribution is -2.59. The zero-order chi connectivity index (χ0) is 12.3. The lowest BCUT2D eigenvalue weighted by molar-refractivity contribution is -0.116. The second kappa shape index (κ2) is 3.27. The Kier molecular flexibility index (Phi) is 2.22. The number of nitrogens with zero attached hydrogens (tertiary/aromatic N) is 1. The maximum Gasteiger partial charge on any atom is 0.1000 e. The van der Waals surface area contributed by atoms with Crippen molar-refractivity contribution in [1.29, 1.82) is 0 Å². The highest BCUT2D eigenvalue weighted by Gasteiger charge is 2.61. The van der Waals surface area contributed by atoms with Crippen LogP contribution in [0.15, 0.2) is 4.99 Å². The van der Waals surface area contributed by atoms with Crippen molar-refractivity contribution >= 4 is 5.84 Å². The Hall–Kier alpha value is -0.530. The molecule has 0 amide bonds. The summed E-state index contributed by atoms with van der Waals surface area (Å²) in [6.45, 7) is 7.91. The highest BCUT2D eigenvalue weighted by atomic mass is 14.9. The molecule has 0 radical (unpaired) electrons. The molecule has 2 unspecified atom stereocenters. The summed E-state index contributed by atoms with van der Waals surface area (Å²) in [5.41, 5.74) is 7.70. The van der Waals surface area contributed by atoms with Gasteiger partial charge < -0.3 is 5.73 Å². The molecule has 0 spiro atoms. The molecule has 4 aliphatic carbocycles. The summed E-state index contributed by atoms with van der Waals surface area (Å²) < 4.78 is 0. The van der Waals surface area contributed by atoms with E-state index in [4.69, 9.17) is 5.73 Å². The maximum atomic E-state index is 6.35. The molecule has 0 saturated heterocycles. The summed E-state index contributed by atoms with van der Waals surface area (Å²) in [4.78, 5) is 4.57. The lowest BCUT2D eigenvalue weighted by Gasteiger charge is -2.65. The van der Waals surface area contributed by atoms with Crippen LogP contribution in [0.4, 0.5) is 0 Å². The van der Waals surface area contributed by atoms with Crippen LogP contribution in [0.3, 0.4) is 0 Å². The molecule has 2 heteroatoms. The Morgan fingerprint density at radius 2 is 1.71 bits per heavy atom. The molecule has 2 nitrogen and oxygen atoms in total. The number of nitrogens with two attached hydrogens (primary N) is 1. The van der Waals surface area contributed by atoms with Gasteiger partial charge in [-0.05, 0) is 62.2 Å². The molecule has 4 saturated carbocycles. The van der Waals surface area contributed by atoms with Crippen LogP contribution >= 0.6 is 0 Å². The van der Waals surface area contributed by atoms with Crippen LogP contribution in [0.2, 0.25) is 0 Å². The topological polar surface area (TPSA) is 38.4 Å². The minimum Gasteiger partial charge on any atom is -0.387 e. The second-order valence-corrected chi connectivity index (χ2v) is 7.77. The summed E-state index contributed by atoms with van der Waals surface area (Å²) in [5, 5.41) is 0. The van der Waals surface area contributed by atoms with E-state index in [2.05, 4.69) is 25.8 Å². The van der Waals surface area contributed by atoms with Crippen LogP contribution in [-0.2, 0) is 0 Å². The highest BCUT2D eigenvalue weighted by molar-refractivity contribution is 5.87. The third-order valence-corrected chi connectivity index (χ3v) is 5.50. The van der Waals surface area contributed by atoms with Crippen molar-refractivity contribution < 1.29 is 0 Å². The molecule has 96 valence electrons. The Labute approximate surface area is 105 Å². The fourth-order valence-electron chi connectivity index (χ4n) is 6.07. The fourth-order valence-corrected chi connectivity index (χ4v) is 6.07. The third kappa shape index (κ3) is 1.63. The van der Waals surface area contributed by atoms with Gasteiger partial charge in [-0.2, -0.15) is 0 Å². The van der Waals surface area contributed by atoms with Gasteiger partial charge in [0, 0.05) is 12.0 Å². The molecular weight excluding hydrogens is 208 g/mol. The summed E-state index contributed by atoms with van der Waals surface area (Å²) in [7, 11) is 0. The standard InChI is InChI=1S/C15H26N2/c1-4-17-12(16)15-7-11-5-13(2,9-15)8-14(3,6-11)10-15/h11H,4-10H2,1-3H3,(H2,16,17). The molecule has 2 N–H and O–H groups in total. The van der Waals surface area contributed by atoms with E-state index in [9.17, 15) is 0 Å². The van der Waals surface area contributed by atoms with Crippen LogP contribution in [-0.4, -0.2) is 12.4 Å². The summed E-state index contributed by atoms with van der Waals surface area (Å²) in [6, 6.07) is 0. The van der Waals surface area contributed by atoms with Gasteiger partial charge in [0.1, 0.15) is 0 Å². The molecule has 0 aliphatic heterocycles. The van der Waals surface area contributed by atoms with Crippen molar-refractivity contribution in [3.8, 4) is 0 Å². The SMILES string of the molecule is CCN=C(N)C12CC3CC(C)(CC(C)(C3)C1)C2. The molecule has 2 atom stereocenters. The van der Waals surface area contributed by atoms with Crippen LogP contribution in [0.25, 0.3) is 0 Å². The maximum absolute atomic E-state index is 6.35. The van der Waals surface area contributed by atoms with Crippen LogP contribution in [0.1, 0.15) is 59.3 Å². The van der Waals surface area contributed by atoms with Crippen molar-refractivity contribution in [2.75, 3.05) is 6.54 Å². The highest BCUT2D eigenvalue weighted by Crippen LogP contribution is 2.69. The molecule has 0 aromatic rings. The molecule has 4 fully saturated rings. The molecule has 0 heterocycles. The van der Waals surface area contributed by atoms with Crippen molar-refractivity contribution in [2.24, 2.45) is 32.9 Å². The largest absolute Gasteiger partial charge is 0.387 e. The number of aliphatic imine (C=N–C) groups is 1. The van der Waals surface area contributed by atoms with E-state index in [0.29, 0.717) is 10.8 Å². The first-order valence-corrected chi connectivity index (χ1v) is 7.19. The predicted molar refractivity (Wildman–Crippen MR) is 72.0 cm³/mol. The Morgan fingerprint density at radius 3 is 2.18 bits per heavy atom. The van der Waals surface area contributed by atoms with Crippen molar-refractivity contribution in [2.45, 2.75) is 59.3 Å². The van der Waals surface area contributed by atoms with E-state index < -0.39 is 0 Å². The van der Waals surface area contributed by atoms with Crippen molar-refractivity contribution in [3.63, 3.8) is 0 Å².